The van der Waals surface area contributed by atoms with E-state index in [1.54, 1.807) is 23.1 Å². The van der Waals surface area contributed by atoms with Crippen LogP contribution in [0.15, 0.2) is 36.4 Å². The van der Waals surface area contributed by atoms with Crippen LogP contribution in [0.5, 0.6) is 0 Å². The zero-order chi connectivity index (χ0) is 29.4. The van der Waals surface area contributed by atoms with Crippen LogP contribution < -0.4 is 5.32 Å². The number of piperidine rings is 1. The molecule has 0 aliphatic carbocycles. The number of fused-ring (bicyclic) bond motifs is 1. The number of hydrogen-bond acceptors (Lipinski definition) is 6. The molecule has 0 bridgehead atoms. The first-order chi connectivity index (χ1) is 19.4. The Morgan fingerprint density at radius 1 is 0.878 bits per heavy atom. The lowest BCUT2D eigenvalue weighted by Gasteiger charge is -2.42. The van der Waals surface area contributed by atoms with E-state index in [0.717, 1.165) is 18.4 Å². The van der Waals surface area contributed by atoms with Crippen LogP contribution in [0.1, 0.15) is 34.3 Å². The number of carbonyl (C=O) groups is 2. The number of rotatable bonds is 5. The average Bonchev–Trinajstić information content (AvgIpc) is 3.40. The van der Waals surface area contributed by atoms with Crippen molar-refractivity contribution in [1.82, 2.24) is 30.1 Å². The van der Waals surface area contributed by atoms with E-state index < -0.39 is 35.1 Å². The molecule has 3 heterocycles. The van der Waals surface area contributed by atoms with Gasteiger partial charge in [-0.3, -0.25) is 24.5 Å². The van der Waals surface area contributed by atoms with Crippen LogP contribution in [0.2, 0.25) is 0 Å². The highest BCUT2D eigenvalue weighted by molar-refractivity contribution is 5.97. The molecule has 15 heteroatoms. The number of amides is 2. The van der Waals surface area contributed by atoms with E-state index in [2.05, 4.69) is 25.6 Å². The summed E-state index contributed by atoms with van der Waals surface area (Å²) in [6, 6.07) is 6.48. The molecule has 2 N–H and O–H groups in total. The van der Waals surface area contributed by atoms with Crippen LogP contribution in [0.4, 0.5) is 32.0 Å². The summed E-state index contributed by atoms with van der Waals surface area (Å²) in [5.41, 5.74) is -1.61. The Morgan fingerprint density at radius 3 is 2.12 bits per heavy atom. The maximum Gasteiger partial charge on any atom is 0.416 e. The number of H-pyrrole nitrogens is 1. The molecule has 2 aliphatic heterocycles. The van der Waals surface area contributed by atoms with Crippen molar-refractivity contribution in [3.63, 3.8) is 0 Å². The van der Waals surface area contributed by atoms with Crippen molar-refractivity contribution in [2.45, 2.75) is 31.2 Å². The van der Waals surface area contributed by atoms with Crippen molar-refractivity contribution in [3.05, 3.63) is 53.1 Å². The van der Waals surface area contributed by atoms with Gasteiger partial charge in [0.25, 0.3) is 5.91 Å². The summed E-state index contributed by atoms with van der Waals surface area (Å²) in [6.07, 6.45) is -8.50. The monoisotopic (exact) mass is 583 g/mol. The van der Waals surface area contributed by atoms with E-state index in [-0.39, 0.29) is 24.6 Å². The molecule has 2 amide bonds. The number of alkyl halides is 6. The van der Waals surface area contributed by atoms with Crippen LogP contribution in [-0.4, -0.2) is 93.8 Å². The van der Waals surface area contributed by atoms with Gasteiger partial charge in [0.2, 0.25) is 5.91 Å². The van der Waals surface area contributed by atoms with Gasteiger partial charge in [0.1, 0.15) is 5.52 Å². The predicted molar refractivity (Wildman–Crippen MR) is 136 cm³/mol. The van der Waals surface area contributed by atoms with Gasteiger partial charge in [0, 0.05) is 56.6 Å². The first-order valence-electron chi connectivity index (χ1n) is 13.0. The number of hydrogen-bond donors (Lipinski definition) is 2. The Morgan fingerprint density at radius 2 is 1.51 bits per heavy atom. The van der Waals surface area contributed by atoms with Gasteiger partial charge < -0.3 is 10.2 Å². The third-order valence-electron chi connectivity index (χ3n) is 7.49. The first-order valence-corrected chi connectivity index (χ1v) is 13.0. The van der Waals surface area contributed by atoms with Gasteiger partial charge in [0.05, 0.1) is 23.2 Å². The smallest absolute Gasteiger partial charge is 0.336 e. The van der Waals surface area contributed by atoms with Crippen molar-refractivity contribution in [1.29, 1.82) is 0 Å². The lowest BCUT2D eigenvalue weighted by Crippen LogP contribution is -2.54. The fourth-order valence-electron chi connectivity index (χ4n) is 5.32. The Balaban J connectivity index is 1.09. The highest BCUT2D eigenvalue weighted by Gasteiger charge is 2.37. The van der Waals surface area contributed by atoms with E-state index in [4.69, 9.17) is 0 Å². The van der Waals surface area contributed by atoms with Crippen LogP contribution in [0, 0.1) is 0 Å². The summed E-state index contributed by atoms with van der Waals surface area (Å²) in [4.78, 5) is 31.4. The van der Waals surface area contributed by atoms with Crippen molar-refractivity contribution in [2.24, 2.45) is 0 Å². The maximum atomic E-state index is 13.1. The summed E-state index contributed by atoms with van der Waals surface area (Å²) in [5, 5.41) is 12.6. The van der Waals surface area contributed by atoms with Crippen molar-refractivity contribution in [2.75, 3.05) is 51.1 Å². The molecular formula is C26H27F6N7O2. The molecule has 2 fully saturated rings. The predicted octanol–water partition coefficient (Wildman–Crippen LogP) is 3.86. The number of halogens is 6. The summed E-state index contributed by atoms with van der Waals surface area (Å²) in [6.45, 7) is 3.46. The fraction of sp³-hybridized carbons (Fsp3) is 0.462. The molecule has 0 atom stereocenters. The molecule has 41 heavy (non-hydrogen) atoms. The number of piperazine rings is 1. The maximum absolute atomic E-state index is 13.1. The standard InChI is InChI=1S/C26H27F6N7O2/c27-25(28,29)17-12-18(26(30,31)32)14-19(13-17)33-23(40)15-37-5-3-20(4-6-37)38-7-9-39(10-8-38)24(41)16-1-2-21-22(11-16)35-36-34-21/h1-2,11-14,20H,3-10,15H2,(H,33,40)(H,34,35,36). The van der Waals surface area contributed by atoms with Crippen molar-refractivity contribution >= 4 is 28.5 Å². The Hall–Kier alpha value is -3.72. The van der Waals surface area contributed by atoms with Gasteiger partial charge in [-0.1, -0.05) is 5.21 Å². The number of likely N-dealkylation sites (tertiary alicyclic amines) is 1. The average molecular weight is 584 g/mol. The third-order valence-corrected chi connectivity index (χ3v) is 7.49. The van der Waals surface area contributed by atoms with Crippen LogP contribution in [0.25, 0.3) is 11.0 Å². The zero-order valence-electron chi connectivity index (χ0n) is 21.7. The van der Waals surface area contributed by atoms with E-state index in [0.29, 0.717) is 62.5 Å². The van der Waals surface area contributed by atoms with Gasteiger partial charge in [-0.05, 0) is 49.2 Å². The van der Waals surface area contributed by atoms with Gasteiger partial charge in [-0.15, -0.1) is 5.10 Å². The quantitative estimate of drug-likeness (QED) is 0.443. The van der Waals surface area contributed by atoms with E-state index >= 15 is 0 Å². The van der Waals surface area contributed by atoms with Gasteiger partial charge in [-0.2, -0.15) is 26.3 Å². The van der Waals surface area contributed by atoms with Gasteiger partial charge >= 0.3 is 12.4 Å². The van der Waals surface area contributed by atoms with Crippen LogP contribution in [0.3, 0.4) is 0 Å². The number of anilines is 1. The summed E-state index contributed by atoms with van der Waals surface area (Å²) < 4.78 is 78.6. The third kappa shape index (κ3) is 6.78. The van der Waals surface area contributed by atoms with E-state index in [1.807, 2.05) is 4.90 Å². The molecule has 0 saturated carbocycles. The lowest BCUT2D eigenvalue weighted by molar-refractivity contribution is -0.143. The summed E-state index contributed by atoms with van der Waals surface area (Å²) in [5.74, 6) is -0.759. The number of benzene rings is 2. The summed E-state index contributed by atoms with van der Waals surface area (Å²) >= 11 is 0. The molecule has 2 aromatic carbocycles. The van der Waals surface area contributed by atoms with Crippen LogP contribution >= 0.6 is 0 Å². The first kappa shape index (κ1) is 28.8. The normalized spacial score (nSPS) is 18.1. The van der Waals surface area contributed by atoms with E-state index in [1.165, 1.54) is 0 Å². The molecular weight excluding hydrogens is 556 g/mol. The topological polar surface area (TPSA) is 97.5 Å². The second-order valence-electron chi connectivity index (χ2n) is 10.2. The number of aromatic amines is 1. The van der Waals surface area contributed by atoms with E-state index in [9.17, 15) is 35.9 Å². The molecule has 2 aliphatic rings. The molecule has 5 rings (SSSR count). The second kappa shape index (κ2) is 11.3. The minimum Gasteiger partial charge on any atom is -0.336 e. The SMILES string of the molecule is O=C(CN1CCC(N2CCN(C(=O)c3ccc4[nH]nnc4c3)CC2)CC1)Nc1cc(C(F)(F)F)cc(C(F)(F)F)c1. The molecule has 0 radical (unpaired) electrons. The Bertz CT molecular complexity index is 1380. The molecule has 0 unspecified atom stereocenters. The Labute approximate surface area is 230 Å². The number of carbonyl (C=O) groups excluding carboxylic acids is 2. The highest BCUT2D eigenvalue weighted by Crippen LogP contribution is 2.37. The molecule has 0 spiro atoms. The van der Waals surface area contributed by atoms with Crippen LogP contribution in [-0.2, 0) is 17.1 Å². The minimum atomic E-state index is -4.99. The molecule has 9 nitrogen and oxygen atoms in total. The molecule has 1 aromatic heterocycles. The molecule has 220 valence electrons. The molecule has 2 saturated heterocycles. The largest absolute Gasteiger partial charge is 0.416 e. The second-order valence-corrected chi connectivity index (χ2v) is 10.2. The van der Waals surface area contributed by atoms with Crippen molar-refractivity contribution in [3.8, 4) is 0 Å². The highest BCUT2D eigenvalue weighted by atomic mass is 19.4. The van der Waals surface area contributed by atoms with Gasteiger partial charge in [0.15, 0.2) is 0 Å². The lowest BCUT2D eigenvalue weighted by atomic mass is 10.0. The minimum absolute atomic E-state index is 0.0215. The Kier molecular flexibility index (Phi) is 7.92. The number of nitrogens with zero attached hydrogens (tertiary/aromatic N) is 5. The van der Waals surface area contributed by atoms with Crippen molar-refractivity contribution < 1.29 is 35.9 Å². The zero-order valence-corrected chi connectivity index (χ0v) is 21.7. The number of nitrogens with one attached hydrogen (secondary N) is 2. The van der Waals surface area contributed by atoms with Gasteiger partial charge in [-0.25, -0.2) is 0 Å². The number of aromatic nitrogens is 3. The molecule has 3 aromatic rings. The fourth-order valence-corrected chi connectivity index (χ4v) is 5.32. The summed E-state index contributed by atoms with van der Waals surface area (Å²) in [7, 11) is 0.